The predicted octanol–water partition coefficient (Wildman–Crippen LogP) is 3.23. The van der Waals surface area contributed by atoms with Crippen LogP contribution in [0.15, 0.2) is 42.5 Å². The minimum atomic E-state index is -4.97. The molecule has 2 heterocycles. The number of fused-ring (bicyclic) bond motifs is 1. The van der Waals surface area contributed by atoms with Crippen LogP contribution in [0.4, 0.5) is 19.0 Å². The van der Waals surface area contributed by atoms with E-state index in [4.69, 9.17) is 0 Å². The third-order valence-corrected chi connectivity index (χ3v) is 3.13. The van der Waals surface area contributed by atoms with Crippen molar-refractivity contribution in [1.82, 2.24) is 14.8 Å². The maximum atomic E-state index is 12.4. The number of carbonyl (C=O) groups is 1. The van der Waals surface area contributed by atoms with E-state index in [1.165, 1.54) is 10.7 Å². The van der Waals surface area contributed by atoms with Crippen molar-refractivity contribution in [2.24, 2.45) is 0 Å². The van der Waals surface area contributed by atoms with Gasteiger partial charge in [0.2, 0.25) is 0 Å². The monoisotopic (exact) mass is 320 g/mol. The summed E-state index contributed by atoms with van der Waals surface area (Å²) in [7, 11) is 0. The zero-order valence-electron chi connectivity index (χ0n) is 11.9. The molecule has 3 aromatic rings. The van der Waals surface area contributed by atoms with Crippen LogP contribution in [0.3, 0.4) is 0 Å². The van der Waals surface area contributed by atoms with Crippen LogP contribution in [0.25, 0.3) is 16.7 Å². The Bertz CT molecular complexity index is 886. The Morgan fingerprint density at radius 3 is 2.65 bits per heavy atom. The number of amides is 1. The van der Waals surface area contributed by atoms with Gasteiger partial charge in [-0.2, -0.15) is 23.0 Å². The number of hydrogen-bond acceptors (Lipinski definition) is 3. The number of aryl methyl sites for hydroxylation is 1. The number of alkyl halides is 3. The Morgan fingerprint density at radius 2 is 1.91 bits per heavy atom. The summed E-state index contributed by atoms with van der Waals surface area (Å²) in [6, 6.07) is 12.1. The van der Waals surface area contributed by atoms with E-state index in [9.17, 15) is 18.0 Å². The van der Waals surface area contributed by atoms with E-state index in [0.29, 0.717) is 17.0 Å². The van der Waals surface area contributed by atoms with Crippen molar-refractivity contribution in [2.45, 2.75) is 13.1 Å². The lowest BCUT2D eigenvalue weighted by Gasteiger charge is -2.10. The predicted molar refractivity (Wildman–Crippen MR) is 78.3 cm³/mol. The van der Waals surface area contributed by atoms with Crippen molar-refractivity contribution in [3.05, 3.63) is 48.2 Å². The number of anilines is 1. The largest absolute Gasteiger partial charge is 0.471 e. The van der Waals surface area contributed by atoms with Gasteiger partial charge in [-0.25, -0.2) is 4.98 Å². The summed E-state index contributed by atoms with van der Waals surface area (Å²) in [6.07, 6.45) is -4.97. The molecule has 0 bridgehead atoms. The van der Waals surface area contributed by atoms with Gasteiger partial charge in [-0.05, 0) is 25.1 Å². The number of nitrogens with one attached hydrogen (secondary N) is 1. The normalized spacial score (nSPS) is 11.7. The summed E-state index contributed by atoms with van der Waals surface area (Å²) in [4.78, 5) is 15.5. The summed E-state index contributed by atoms with van der Waals surface area (Å²) in [5.41, 5.74) is 1.13. The molecule has 0 aliphatic rings. The van der Waals surface area contributed by atoms with Gasteiger partial charge in [-0.1, -0.05) is 18.2 Å². The van der Waals surface area contributed by atoms with Crippen molar-refractivity contribution in [2.75, 3.05) is 5.32 Å². The van der Waals surface area contributed by atoms with E-state index < -0.39 is 12.1 Å². The topological polar surface area (TPSA) is 59.8 Å². The second-order valence-electron chi connectivity index (χ2n) is 4.90. The number of benzene rings is 1. The third kappa shape index (κ3) is 3.01. The summed E-state index contributed by atoms with van der Waals surface area (Å²) >= 11 is 0. The molecule has 3 rings (SSSR count). The fourth-order valence-electron chi connectivity index (χ4n) is 2.12. The van der Waals surface area contributed by atoms with Gasteiger partial charge in [0.15, 0.2) is 5.82 Å². The van der Waals surface area contributed by atoms with Gasteiger partial charge >= 0.3 is 12.1 Å². The molecule has 0 aliphatic carbocycles. The number of rotatable bonds is 2. The maximum Gasteiger partial charge on any atom is 0.471 e. The number of carbonyl (C=O) groups excluding carboxylic acids is 1. The molecule has 1 aromatic carbocycles. The van der Waals surface area contributed by atoms with Gasteiger partial charge in [0.05, 0.1) is 11.2 Å². The van der Waals surface area contributed by atoms with Crippen LogP contribution in [0.5, 0.6) is 0 Å². The van der Waals surface area contributed by atoms with E-state index >= 15 is 0 Å². The first kappa shape index (κ1) is 15.0. The molecule has 1 amide bonds. The smallest absolute Gasteiger partial charge is 0.303 e. The van der Waals surface area contributed by atoms with Crippen molar-refractivity contribution in [3.8, 4) is 5.82 Å². The van der Waals surface area contributed by atoms with E-state index in [1.54, 1.807) is 31.2 Å². The lowest BCUT2D eigenvalue weighted by atomic mass is 10.2. The first-order valence-electron chi connectivity index (χ1n) is 6.65. The first-order valence-corrected chi connectivity index (χ1v) is 6.65. The molecule has 0 aliphatic heterocycles. The van der Waals surface area contributed by atoms with E-state index in [-0.39, 0.29) is 5.82 Å². The molecule has 0 fully saturated rings. The highest BCUT2D eigenvalue weighted by Crippen LogP contribution is 2.22. The minimum Gasteiger partial charge on any atom is -0.303 e. The molecule has 8 heteroatoms. The van der Waals surface area contributed by atoms with Crippen molar-refractivity contribution in [3.63, 3.8) is 0 Å². The van der Waals surface area contributed by atoms with Gasteiger partial charge in [-0.3, -0.25) is 4.79 Å². The highest BCUT2D eigenvalue weighted by molar-refractivity contribution is 5.94. The lowest BCUT2D eigenvalue weighted by molar-refractivity contribution is -0.167. The number of halogens is 3. The fourth-order valence-corrected chi connectivity index (χ4v) is 2.12. The number of nitrogens with zero attached hydrogens (tertiary/aromatic N) is 3. The van der Waals surface area contributed by atoms with Crippen LogP contribution in [0.2, 0.25) is 0 Å². The van der Waals surface area contributed by atoms with E-state index in [1.807, 2.05) is 17.4 Å². The molecule has 0 saturated heterocycles. The number of hydrogen-bond donors (Lipinski definition) is 1. The molecule has 1 N–H and O–H groups in total. The average molecular weight is 320 g/mol. The molecule has 0 atom stereocenters. The van der Waals surface area contributed by atoms with Crippen molar-refractivity contribution < 1.29 is 18.0 Å². The van der Waals surface area contributed by atoms with Crippen LogP contribution in [-0.4, -0.2) is 26.8 Å². The number of para-hydroxylation sites is 1. The van der Waals surface area contributed by atoms with Gasteiger partial charge in [-0.15, -0.1) is 0 Å². The highest BCUT2D eigenvalue weighted by atomic mass is 19.4. The summed E-state index contributed by atoms with van der Waals surface area (Å²) < 4.78 is 38.5. The fraction of sp³-hybridized carbons (Fsp3) is 0.133. The van der Waals surface area contributed by atoms with Gasteiger partial charge in [0.25, 0.3) is 0 Å². The molecular formula is C15H11F3N4O. The van der Waals surface area contributed by atoms with Crippen LogP contribution in [0.1, 0.15) is 5.69 Å². The minimum absolute atomic E-state index is 0.0902. The Kier molecular flexibility index (Phi) is 3.51. The number of aromatic nitrogens is 3. The second-order valence-corrected chi connectivity index (χ2v) is 4.90. The summed E-state index contributed by atoms with van der Waals surface area (Å²) in [6.45, 7) is 1.61. The highest BCUT2D eigenvalue weighted by Gasteiger charge is 2.39. The Labute approximate surface area is 128 Å². The first-order chi connectivity index (χ1) is 10.8. The van der Waals surface area contributed by atoms with E-state index in [2.05, 4.69) is 10.1 Å². The Balaban J connectivity index is 2.03. The SMILES string of the molecule is Cc1cc(NC(=O)C(F)(F)F)n(-c2ccc3ccccc3n2)n1. The average Bonchev–Trinajstić information content (AvgIpc) is 2.86. The summed E-state index contributed by atoms with van der Waals surface area (Å²) in [5, 5.41) is 6.80. The van der Waals surface area contributed by atoms with Gasteiger partial charge < -0.3 is 5.32 Å². The lowest BCUT2D eigenvalue weighted by Crippen LogP contribution is -2.30. The molecule has 2 aromatic heterocycles. The zero-order valence-corrected chi connectivity index (χ0v) is 11.9. The third-order valence-electron chi connectivity index (χ3n) is 3.13. The maximum absolute atomic E-state index is 12.4. The molecule has 0 radical (unpaired) electrons. The molecule has 118 valence electrons. The van der Waals surface area contributed by atoms with Gasteiger partial charge in [0, 0.05) is 11.5 Å². The van der Waals surface area contributed by atoms with Crippen molar-refractivity contribution >= 4 is 22.6 Å². The second kappa shape index (κ2) is 5.38. The van der Waals surface area contributed by atoms with Crippen LogP contribution in [0, 0.1) is 6.92 Å². The number of pyridine rings is 1. The Hall–Kier alpha value is -2.90. The quantitative estimate of drug-likeness (QED) is 0.788. The standard InChI is InChI=1S/C15H11F3N4O/c1-9-8-13(20-14(23)15(16,17)18)22(21-9)12-7-6-10-4-2-3-5-11(10)19-12/h2-8H,1H3,(H,20,23). The van der Waals surface area contributed by atoms with Crippen LogP contribution in [-0.2, 0) is 4.79 Å². The van der Waals surface area contributed by atoms with Crippen LogP contribution >= 0.6 is 0 Å². The van der Waals surface area contributed by atoms with Crippen LogP contribution < -0.4 is 5.32 Å². The molecule has 23 heavy (non-hydrogen) atoms. The van der Waals surface area contributed by atoms with E-state index in [0.717, 1.165) is 5.39 Å². The zero-order chi connectivity index (χ0) is 16.6. The molecular weight excluding hydrogens is 309 g/mol. The van der Waals surface area contributed by atoms with Gasteiger partial charge in [0.1, 0.15) is 5.82 Å². The molecule has 0 unspecified atom stereocenters. The molecule has 5 nitrogen and oxygen atoms in total. The molecule has 0 spiro atoms. The van der Waals surface area contributed by atoms with Crippen molar-refractivity contribution in [1.29, 1.82) is 0 Å². The molecule has 0 saturated carbocycles. The summed E-state index contributed by atoms with van der Waals surface area (Å²) in [5.74, 6) is -1.83. The Morgan fingerprint density at radius 1 is 1.17 bits per heavy atom.